The zero-order valence-corrected chi connectivity index (χ0v) is 9.16. The van der Waals surface area contributed by atoms with Crippen LogP contribution in [0.2, 0.25) is 0 Å². The van der Waals surface area contributed by atoms with Crippen molar-refractivity contribution < 1.29 is 5.11 Å². The predicted molar refractivity (Wildman–Crippen MR) is 56.5 cm³/mol. The smallest absolute Gasteiger partial charge is 0.0608 e. The van der Waals surface area contributed by atoms with Crippen molar-refractivity contribution in [2.75, 3.05) is 18.1 Å². The molecule has 0 bridgehead atoms. The number of hydrogen-bond donors (Lipinski definition) is 2. The molecule has 0 aromatic rings. The summed E-state index contributed by atoms with van der Waals surface area (Å²) in [5.74, 6) is 2.97. The van der Waals surface area contributed by atoms with E-state index in [9.17, 15) is 0 Å². The lowest BCUT2D eigenvalue weighted by molar-refractivity contribution is 0.206. The number of rotatable bonds is 6. The monoisotopic (exact) mass is 191 g/mol. The number of aliphatic hydroxyl groups is 1. The van der Waals surface area contributed by atoms with Gasteiger partial charge in [0, 0.05) is 5.54 Å². The Morgan fingerprint density at radius 3 is 2.50 bits per heavy atom. The van der Waals surface area contributed by atoms with E-state index in [0.29, 0.717) is 0 Å². The minimum atomic E-state index is -0.385. The Morgan fingerprint density at radius 1 is 1.50 bits per heavy atom. The van der Waals surface area contributed by atoms with Gasteiger partial charge in [0.15, 0.2) is 0 Å². The molecule has 0 aromatic carbocycles. The highest BCUT2D eigenvalue weighted by molar-refractivity contribution is 7.99. The van der Waals surface area contributed by atoms with Gasteiger partial charge in [-0.15, -0.1) is 0 Å². The van der Waals surface area contributed by atoms with Gasteiger partial charge in [-0.2, -0.15) is 11.8 Å². The van der Waals surface area contributed by atoms with Gasteiger partial charge in [0.25, 0.3) is 0 Å². The zero-order valence-electron chi connectivity index (χ0n) is 8.34. The van der Waals surface area contributed by atoms with E-state index in [2.05, 4.69) is 13.8 Å². The molecule has 0 amide bonds. The average Bonchev–Trinajstić information content (AvgIpc) is 1.98. The first kappa shape index (κ1) is 12.3. The first-order chi connectivity index (χ1) is 5.48. The lowest BCUT2D eigenvalue weighted by Gasteiger charge is -2.21. The van der Waals surface area contributed by atoms with Crippen molar-refractivity contribution in [3.8, 4) is 0 Å². The van der Waals surface area contributed by atoms with Crippen molar-refractivity contribution in [3.05, 3.63) is 0 Å². The van der Waals surface area contributed by atoms with Gasteiger partial charge in [0.2, 0.25) is 0 Å². The molecule has 0 rings (SSSR count). The molecule has 1 unspecified atom stereocenters. The molecule has 3 N–H and O–H groups in total. The van der Waals surface area contributed by atoms with Crippen LogP contribution in [0.15, 0.2) is 0 Å². The third-order valence-corrected chi connectivity index (χ3v) is 3.03. The Balaban J connectivity index is 3.31. The van der Waals surface area contributed by atoms with Crippen LogP contribution in [-0.2, 0) is 0 Å². The van der Waals surface area contributed by atoms with E-state index >= 15 is 0 Å². The van der Waals surface area contributed by atoms with Crippen molar-refractivity contribution in [3.63, 3.8) is 0 Å². The normalized spacial score (nSPS) is 16.5. The summed E-state index contributed by atoms with van der Waals surface area (Å²) in [6, 6.07) is 0. The minimum Gasteiger partial charge on any atom is -0.394 e. The highest BCUT2D eigenvalue weighted by Crippen LogP contribution is 2.13. The first-order valence-corrected chi connectivity index (χ1v) is 5.61. The molecule has 0 spiro atoms. The SMILES string of the molecule is CC(C)CSCCC(C)(N)CO. The lowest BCUT2D eigenvalue weighted by Crippen LogP contribution is -2.40. The maximum absolute atomic E-state index is 8.87. The van der Waals surface area contributed by atoms with Gasteiger partial charge in [-0.25, -0.2) is 0 Å². The van der Waals surface area contributed by atoms with Crippen LogP contribution in [0, 0.1) is 5.92 Å². The number of hydrogen-bond acceptors (Lipinski definition) is 3. The molecule has 0 radical (unpaired) electrons. The van der Waals surface area contributed by atoms with Crippen LogP contribution in [-0.4, -0.2) is 28.8 Å². The molecule has 2 nitrogen and oxygen atoms in total. The fourth-order valence-electron chi connectivity index (χ4n) is 0.703. The Morgan fingerprint density at radius 2 is 2.08 bits per heavy atom. The van der Waals surface area contributed by atoms with E-state index in [1.165, 1.54) is 5.75 Å². The van der Waals surface area contributed by atoms with Crippen LogP contribution in [0.4, 0.5) is 0 Å². The second-order valence-electron chi connectivity index (χ2n) is 4.03. The maximum Gasteiger partial charge on any atom is 0.0608 e. The summed E-state index contributed by atoms with van der Waals surface area (Å²) >= 11 is 1.91. The Hall–Kier alpha value is 0.270. The molecule has 0 aromatic heterocycles. The fraction of sp³-hybridized carbons (Fsp3) is 1.00. The fourth-order valence-corrected chi connectivity index (χ4v) is 1.95. The van der Waals surface area contributed by atoms with Gasteiger partial charge >= 0.3 is 0 Å². The minimum absolute atomic E-state index is 0.0786. The molecule has 0 saturated carbocycles. The second kappa shape index (κ2) is 5.84. The van der Waals surface area contributed by atoms with E-state index in [4.69, 9.17) is 10.8 Å². The molecule has 0 heterocycles. The summed E-state index contributed by atoms with van der Waals surface area (Å²) < 4.78 is 0. The van der Waals surface area contributed by atoms with Crippen molar-refractivity contribution in [2.45, 2.75) is 32.7 Å². The third-order valence-electron chi connectivity index (χ3n) is 1.63. The molecule has 0 aliphatic heterocycles. The summed E-state index contributed by atoms with van der Waals surface area (Å²) in [4.78, 5) is 0. The van der Waals surface area contributed by atoms with E-state index in [1.807, 2.05) is 18.7 Å². The van der Waals surface area contributed by atoms with E-state index in [0.717, 1.165) is 18.1 Å². The van der Waals surface area contributed by atoms with Crippen LogP contribution < -0.4 is 5.73 Å². The number of aliphatic hydroxyl groups excluding tert-OH is 1. The highest BCUT2D eigenvalue weighted by atomic mass is 32.2. The lowest BCUT2D eigenvalue weighted by atomic mass is 10.0. The van der Waals surface area contributed by atoms with Gasteiger partial charge in [-0.3, -0.25) is 0 Å². The predicted octanol–water partition coefficient (Wildman–Crippen LogP) is 1.48. The van der Waals surface area contributed by atoms with Gasteiger partial charge in [0.05, 0.1) is 6.61 Å². The van der Waals surface area contributed by atoms with Crippen LogP contribution in [0.1, 0.15) is 27.2 Å². The van der Waals surface area contributed by atoms with Gasteiger partial charge in [0.1, 0.15) is 0 Å². The van der Waals surface area contributed by atoms with E-state index in [-0.39, 0.29) is 12.1 Å². The zero-order chi connectivity index (χ0) is 9.61. The van der Waals surface area contributed by atoms with E-state index in [1.54, 1.807) is 0 Å². The Labute approximate surface area is 79.9 Å². The molecular formula is C9H21NOS. The molecule has 0 aliphatic rings. The van der Waals surface area contributed by atoms with Crippen molar-refractivity contribution in [1.29, 1.82) is 0 Å². The molecule has 1 atom stereocenters. The molecule has 3 heteroatoms. The Kier molecular flexibility index (Phi) is 5.97. The molecular weight excluding hydrogens is 170 g/mol. The van der Waals surface area contributed by atoms with Gasteiger partial charge < -0.3 is 10.8 Å². The molecule has 74 valence electrons. The van der Waals surface area contributed by atoms with E-state index < -0.39 is 0 Å². The van der Waals surface area contributed by atoms with Crippen molar-refractivity contribution >= 4 is 11.8 Å². The highest BCUT2D eigenvalue weighted by Gasteiger charge is 2.15. The maximum atomic E-state index is 8.87. The second-order valence-corrected chi connectivity index (χ2v) is 5.18. The number of thioether (sulfide) groups is 1. The molecule has 0 saturated heterocycles. The standard InChI is InChI=1S/C9H21NOS/c1-8(2)6-12-5-4-9(3,10)7-11/h8,11H,4-7,10H2,1-3H3. The summed E-state index contributed by atoms with van der Waals surface area (Å²) in [7, 11) is 0. The van der Waals surface area contributed by atoms with Crippen LogP contribution in [0.25, 0.3) is 0 Å². The van der Waals surface area contributed by atoms with Crippen molar-refractivity contribution in [1.82, 2.24) is 0 Å². The van der Waals surface area contributed by atoms with Crippen molar-refractivity contribution in [2.24, 2.45) is 11.7 Å². The molecule has 0 fully saturated rings. The third kappa shape index (κ3) is 6.95. The Bertz CT molecular complexity index is 115. The first-order valence-electron chi connectivity index (χ1n) is 4.45. The molecule has 12 heavy (non-hydrogen) atoms. The largest absolute Gasteiger partial charge is 0.394 e. The topological polar surface area (TPSA) is 46.2 Å². The summed E-state index contributed by atoms with van der Waals surface area (Å²) in [5, 5.41) is 8.87. The number of nitrogens with two attached hydrogens (primary N) is 1. The van der Waals surface area contributed by atoms with Crippen LogP contribution >= 0.6 is 11.8 Å². The summed E-state index contributed by atoms with van der Waals surface area (Å²) in [5.41, 5.74) is 5.38. The van der Waals surface area contributed by atoms with Crippen LogP contribution in [0.5, 0.6) is 0 Å². The average molecular weight is 191 g/mol. The summed E-state index contributed by atoms with van der Waals surface area (Å²) in [6.45, 7) is 6.39. The van der Waals surface area contributed by atoms with Crippen LogP contribution in [0.3, 0.4) is 0 Å². The van der Waals surface area contributed by atoms with Gasteiger partial charge in [-0.05, 0) is 30.8 Å². The molecule has 0 aliphatic carbocycles. The summed E-state index contributed by atoms with van der Waals surface area (Å²) in [6.07, 6.45) is 0.890. The van der Waals surface area contributed by atoms with Gasteiger partial charge in [-0.1, -0.05) is 13.8 Å². The quantitative estimate of drug-likeness (QED) is 0.625.